The Bertz CT molecular complexity index is 1170. The van der Waals surface area contributed by atoms with Crippen LogP contribution in [0, 0.1) is 13.8 Å². The molecule has 4 aromatic rings. The molecule has 0 aliphatic rings. The van der Waals surface area contributed by atoms with E-state index in [4.69, 9.17) is 5.73 Å². The maximum Gasteiger partial charge on any atom is 0.253 e. The molecule has 5 heteroatoms. The Morgan fingerprint density at radius 2 is 1.68 bits per heavy atom. The molecule has 0 bridgehead atoms. The van der Waals surface area contributed by atoms with Gasteiger partial charge in [0.2, 0.25) is 0 Å². The molecule has 2 heterocycles. The van der Waals surface area contributed by atoms with Crippen LogP contribution in [0.4, 0.5) is 0 Å². The van der Waals surface area contributed by atoms with Gasteiger partial charge in [-0.1, -0.05) is 54.6 Å². The van der Waals surface area contributed by atoms with Gasteiger partial charge in [-0.3, -0.25) is 4.79 Å². The molecule has 0 unspecified atom stereocenters. The van der Waals surface area contributed by atoms with E-state index < -0.39 is 0 Å². The van der Waals surface area contributed by atoms with E-state index in [-0.39, 0.29) is 5.91 Å². The first-order chi connectivity index (χ1) is 15.0. The SMILES string of the molecule is Cc1cc(C(=O)NCc2ccc(CN)cc2)c(C)n1Cc1csc(-c2ccccc2)c1. The molecule has 4 rings (SSSR count). The van der Waals surface area contributed by atoms with Crippen molar-refractivity contribution in [2.45, 2.75) is 33.5 Å². The van der Waals surface area contributed by atoms with Gasteiger partial charge in [-0.15, -0.1) is 11.3 Å². The van der Waals surface area contributed by atoms with Crippen molar-refractivity contribution < 1.29 is 4.79 Å². The zero-order valence-corrected chi connectivity index (χ0v) is 18.7. The van der Waals surface area contributed by atoms with Gasteiger partial charge in [0.25, 0.3) is 5.91 Å². The zero-order valence-electron chi connectivity index (χ0n) is 17.9. The van der Waals surface area contributed by atoms with Crippen molar-refractivity contribution in [2.75, 3.05) is 0 Å². The molecular formula is C26H27N3OS. The minimum Gasteiger partial charge on any atom is -0.348 e. The predicted octanol–water partition coefficient (Wildman–Crippen LogP) is 5.27. The lowest BCUT2D eigenvalue weighted by Crippen LogP contribution is -2.23. The number of nitrogens with two attached hydrogens (primary N) is 1. The Morgan fingerprint density at radius 3 is 2.39 bits per heavy atom. The van der Waals surface area contributed by atoms with Crippen LogP contribution in [-0.2, 0) is 19.6 Å². The molecule has 4 nitrogen and oxygen atoms in total. The average molecular weight is 430 g/mol. The molecule has 2 aromatic heterocycles. The molecule has 0 fully saturated rings. The van der Waals surface area contributed by atoms with E-state index in [1.807, 2.05) is 43.3 Å². The highest BCUT2D eigenvalue weighted by Crippen LogP contribution is 2.28. The van der Waals surface area contributed by atoms with Crippen LogP contribution in [0.3, 0.4) is 0 Å². The van der Waals surface area contributed by atoms with Gasteiger partial charge in [0.15, 0.2) is 0 Å². The van der Waals surface area contributed by atoms with E-state index in [0.29, 0.717) is 13.1 Å². The number of amides is 1. The number of aromatic nitrogens is 1. The molecule has 31 heavy (non-hydrogen) atoms. The highest BCUT2D eigenvalue weighted by Gasteiger charge is 2.16. The molecule has 0 saturated heterocycles. The minimum atomic E-state index is -0.0439. The maximum atomic E-state index is 12.8. The highest BCUT2D eigenvalue weighted by molar-refractivity contribution is 7.13. The van der Waals surface area contributed by atoms with Crippen molar-refractivity contribution in [2.24, 2.45) is 5.73 Å². The van der Waals surface area contributed by atoms with Crippen LogP contribution in [0.1, 0.15) is 38.4 Å². The third-order valence-electron chi connectivity index (χ3n) is 5.58. The number of thiophene rings is 1. The number of hydrogen-bond donors (Lipinski definition) is 2. The van der Waals surface area contributed by atoms with Crippen LogP contribution in [-0.4, -0.2) is 10.5 Å². The lowest BCUT2D eigenvalue weighted by atomic mass is 10.1. The van der Waals surface area contributed by atoms with E-state index in [1.165, 1.54) is 16.0 Å². The number of rotatable bonds is 7. The number of carbonyl (C=O) groups excluding carboxylic acids is 1. The van der Waals surface area contributed by atoms with Crippen molar-refractivity contribution in [1.82, 2.24) is 9.88 Å². The Kier molecular flexibility index (Phi) is 6.35. The summed E-state index contributed by atoms with van der Waals surface area (Å²) in [7, 11) is 0. The topological polar surface area (TPSA) is 60.1 Å². The Balaban J connectivity index is 1.45. The summed E-state index contributed by atoms with van der Waals surface area (Å²) in [6.45, 7) is 5.85. The quantitative estimate of drug-likeness (QED) is 0.420. The summed E-state index contributed by atoms with van der Waals surface area (Å²) in [6, 6.07) is 22.7. The van der Waals surface area contributed by atoms with Gasteiger partial charge in [0.05, 0.1) is 5.56 Å². The van der Waals surface area contributed by atoms with Crippen molar-refractivity contribution >= 4 is 17.2 Å². The molecule has 0 aliphatic heterocycles. The zero-order chi connectivity index (χ0) is 21.8. The third-order valence-corrected chi connectivity index (χ3v) is 6.61. The average Bonchev–Trinajstić information content (AvgIpc) is 3.39. The van der Waals surface area contributed by atoms with Crippen LogP contribution < -0.4 is 11.1 Å². The first kappa shape index (κ1) is 21.1. The third kappa shape index (κ3) is 4.79. The number of nitrogens with zero attached hydrogens (tertiary/aromatic N) is 1. The fraction of sp³-hybridized carbons (Fsp3) is 0.192. The van der Waals surface area contributed by atoms with Gasteiger partial charge in [0.1, 0.15) is 0 Å². The van der Waals surface area contributed by atoms with Crippen LogP contribution in [0.2, 0.25) is 0 Å². The Morgan fingerprint density at radius 1 is 0.968 bits per heavy atom. The van der Waals surface area contributed by atoms with E-state index in [9.17, 15) is 4.79 Å². The Labute approximate surface area is 187 Å². The summed E-state index contributed by atoms with van der Waals surface area (Å²) >= 11 is 1.75. The largest absolute Gasteiger partial charge is 0.348 e. The molecule has 2 aromatic carbocycles. The van der Waals surface area contributed by atoms with Crippen LogP contribution in [0.25, 0.3) is 10.4 Å². The number of nitrogens with one attached hydrogen (secondary N) is 1. The van der Waals surface area contributed by atoms with Crippen molar-refractivity contribution in [3.05, 3.63) is 106 Å². The number of aryl methyl sites for hydroxylation is 1. The van der Waals surface area contributed by atoms with E-state index in [2.05, 4.69) is 52.5 Å². The second-order valence-electron chi connectivity index (χ2n) is 7.76. The van der Waals surface area contributed by atoms with Crippen molar-refractivity contribution in [1.29, 1.82) is 0 Å². The standard InChI is InChI=1S/C26H27N3OS/c1-18-12-24(26(30)28-15-21-10-8-20(14-27)9-11-21)19(2)29(18)16-22-13-25(31-17-22)23-6-4-3-5-7-23/h3-13,17H,14-16,27H2,1-2H3,(H,28,30). The monoisotopic (exact) mass is 429 g/mol. The van der Waals surface area contributed by atoms with Gasteiger partial charge in [-0.25, -0.2) is 0 Å². The summed E-state index contributed by atoms with van der Waals surface area (Å²) in [4.78, 5) is 14.1. The smallest absolute Gasteiger partial charge is 0.253 e. The van der Waals surface area contributed by atoms with Gasteiger partial charge in [-0.2, -0.15) is 0 Å². The van der Waals surface area contributed by atoms with Crippen LogP contribution in [0.15, 0.2) is 72.1 Å². The summed E-state index contributed by atoms with van der Waals surface area (Å²) < 4.78 is 2.21. The van der Waals surface area contributed by atoms with E-state index >= 15 is 0 Å². The number of carbonyl (C=O) groups is 1. The fourth-order valence-electron chi connectivity index (χ4n) is 3.74. The Hall–Kier alpha value is -3.15. The second kappa shape index (κ2) is 9.33. The lowest BCUT2D eigenvalue weighted by Gasteiger charge is -2.09. The van der Waals surface area contributed by atoms with Crippen LogP contribution in [0.5, 0.6) is 0 Å². The molecule has 1 amide bonds. The van der Waals surface area contributed by atoms with Gasteiger partial charge >= 0.3 is 0 Å². The van der Waals surface area contributed by atoms with Gasteiger partial charge < -0.3 is 15.6 Å². The number of hydrogen-bond acceptors (Lipinski definition) is 3. The first-order valence-corrected chi connectivity index (χ1v) is 11.3. The molecule has 0 aliphatic carbocycles. The molecule has 0 spiro atoms. The van der Waals surface area contributed by atoms with Crippen LogP contribution >= 0.6 is 11.3 Å². The maximum absolute atomic E-state index is 12.8. The highest BCUT2D eigenvalue weighted by atomic mass is 32.1. The summed E-state index contributed by atoms with van der Waals surface area (Å²) in [5, 5.41) is 5.24. The molecule has 3 N–H and O–H groups in total. The first-order valence-electron chi connectivity index (χ1n) is 10.4. The second-order valence-corrected chi connectivity index (χ2v) is 8.67. The van der Waals surface area contributed by atoms with E-state index in [1.54, 1.807) is 11.3 Å². The molecule has 0 saturated carbocycles. The normalized spacial score (nSPS) is 10.9. The summed E-state index contributed by atoms with van der Waals surface area (Å²) in [5.74, 6) is -0.0439. The minimum absolute atomic E-state index is 0.0439. The molecule has 158 valence electrons. The molecule has 0 radical (unpaired) electrons. The van der Waals surface area contributed by atoms with Crippen molar-refractivity contribution in [3.8, 4) is 10.4 Å². The lowest BCUT2D eigenvalue weighted by molar-refractivity contribution is 0.0950. The molecular weight excluding hydrogens is 402 g/mol. The molecule has 0 atom stereocenters. The van der Waals surface area contributed by atoms with Gasteiger partial charge in [-0.05, 0) is 53.6 Å². The number of benzene rings is 2. The predicted molar refractivity (Wildman–Crippen MR) is 128 cm³/mol. The summed E-state index contributed by atoms with van der Waals surface area (Å²) in [6.07, 6.45) is 0. The summed E-state index contributed by atoms with van der Waals surface area (Å²) in [5.41, 5.74) is 13.1. The van der Waals surface area contributed by atoms with Gasteiger partial charge in [0, 0.05) is 35.9 Å². The fourth-order valence-corrected chi connectivity index (χ4v) is 4.65. The van der Waals surface area contributed by atoms with Crippen molar-refractivity contribution in [3.63, 3.8) is 0 Å². The van der Waals surface area contributed by atoms with E-state index in [0.717, 1.165) is 34.6 Å².